The van der Waals surface area contributed by atoms with Crippen LogP contribution in [-0.4, -0.2) is 56.1 Å². The Bertz CT molecular complexity index is 558. The van der Waals surface area contributed by atoms with Gasteiger partial charge in [-0.2, -0.15) is 0 Å². The van der Waals surface area contributed by atoms with E-state index >= 15 is 0 Å². The zero-order chi connectivity index (χ0) is 17.6. The molecule has 1 amide bonds. The highest BCUT2D eigenvalue weighted by atomic mass is 35.5. The Balaban J connectivity index is 0.00000312. The number of sulfonamides is 1. The van der Waals surface area contributed by atoms with Crippen LogP contribution in [-0.2, 0) is 14.8 Å². The van der Waals surface area contributed by atoms with E-state index in [9.17, 15) is 13.2 Å². The van der Waals surface area contributed by atoms with Crippen molar-refractivity contribution in [2.75, 3.05) is 19.6 Å². The van der Waals surface area contributed by atoms with Gasteiger partial charge in [-0.1, -0.05) is 12.8 Å². The van der Waals surface area contributed by atoms with Crippen molar-refractivity contribution in [2.45, 2.75) is 62.7 Å². The first-order valence-corrected chi connectivity index (χ1v) is 10.3. The van der Waals surface area contributed by atoms with Crippen LogP contribution >= 0.6 is 12.4 Å². The summed E-state index contributed by atoms with van der Waals surface area (Å²) >= 11 is 0. The van der Waals surface area contributed by atoms with Gasteiger partial charge in [0.05, 0.1) is 11.3 Å². The molecule has 2 fully saturated rings. The van der Waals surface area contributed by atoms with Gasteiger partial charge in [-0.15, -0.1) is 12.4 Å². The monoisotopic (exact) mass is 395 g/mol. The van der Waals surface area contributed by atoms with Gasteiger partial charge in [0.1, 0.15) is 0 Å². The molecule has 2 aliphatic rings. The van der Waals surface area contributed by atoms with E-state index in [-0.39, 0.29) is 29.5 Å². The molecule has 1 saturated carbocycles. The van der Waals surface area contributed by atoms with Gasteiger partial charge >= 0.3 is 0 Å². The van der Waals surface area contributed by atoms with E-state index in [1.54, 1.807) is 4.90 Å². The Hall–Kier alpha value is -1.06. The van der Waals surface area contributed by atoms with Crippen LogP contribution in [0.4, 0.5) is 0 Å². The molecule has 5 N–H and O–H groups in total. The van der Waals surface area contributed by atoms with Crippen LogP contribution in [0.15, 0.2) is 4.99 Å². The molecule has 10 heteroatoms. The first-order valence-electron chi connectivity index (χ1n) is 8.76. The van der Waals surface area contributed by atoms with Crippen molar-refractivity contribution in [1.82, 2.24) is 9.62 Å². The molecule has 146 valence electrons. The van der Waals surface area contributed by atoms with Crippen LogP contribution in [0, 0.1) is 0 Å². The van der Waals surface area contributed by atoms with Crippen molar-refractivity contribution >= 4 is 34.3 Å². The lowest BCUT2D eigenvalue weighted by molar-refractivity contribution is -0.131. The number of nitrogens with one attached hydrogen (secondary N) is 1. The fourth-order valence-electron chi connectivity index (χ4n) is 3.27. The van der Waals surface area contributed by atoms with E-state index in [1.807, 2.05) is 0 Å². The maximum Gasteiger partial charge on any atom is 0.239 e. The number of halogens is 1. The zero-order valence-corrected chi connectivity index (χ0v) is 16.2. The summed E-state index contributed by atoms with van der Waals surface area (Å²) in [5.74, 6) is -0.0901. The van der Waals surface area contributed by atoms with E-state index in [0.29, 0.717) is 32.2 Å². The predicted molar refractivity (Wildman–Crippen MR) is 101 cm³/mol. The smallest absolute Gasteiger partial charge is 0.239 e. The molecule has 0 aromatic carbocycles. The molecule has 0 spiro atoms. The maximum atomic E-state index is 12.1. The molecule has 0 aromatic heterocycles. The van der Waals surface area contributed by atoms with Gasteiger partial charge in [0.15, 0.2) is 0 Å². The fraction of sp³-hybridized carbons (Fsp3) is 0.867. The molecule has 0 unspecified atom stereocenters. The molecule has 1 atom stereocenters. The average Bonchev–Trinajstić information content (AvgIpc) is 3.23. The number of nitrogens with zero attached hydrogens (tertiary/aromatic N) is 2. The van der Waals surface area contributed by atoms with Gasteiger partial charge in [0, 0.05) is 19.6 Å². The van der Waals surface area contributed by atoms with E-state index in [2.05, 4.69) is 9.71 Å². The van der Waals surface area contributed by atoms with Crippen LogP contribution in [0.3, 0.4) is 0 Å². The minimum absolute atomic E-state index is 0. The average molecular weight is 396 g/mol. The Morgan fingerprint density at radius 3 is 2.40 bits per heavy atom. The second-order valence-corrected chi connectivity index (χ2v) is 8.56. The summed E-state index contributed by atoms with van der Waals surface area (Å²) in [6.45, 7) is 1.93. The Labute approximate surface area is 156 Å². The van der Waals surface area contributed by atoms with E-state index < -0.39 is 16.1 Å². The van der Waals surface area contributed by atoms with Gasteiger partial charge in [0.25, 0.3) is 0 Å². The summed E-state index contributed by atoms with van der Waals surface area (Å²) in [5, 5.41) is -0.363. The van der Waals surface area contributed by atoms with Crippen molar-refractivity contribution in [2.24, 2.45) is 16.5 Å². The van der Waals surface area contributed by atoms with Crippen molar-refractivity contribution in [3.8, 4) is 0 Å². The first-order chi connectivity index (χ1) is 11.4. The van der Waals surface area contributed by atoms with Crippen LogP contribution in [0.2, 0.25) is 0 Å². The number of guanidine groups is 1. The minimum Gasteiger partial charge on any atom is -0.369 e. The van der Waals surface area contributed by atoms with Crippen molar-refractivity contribution < 1.29 is 13.2 Å². The number of rotatable bonds is 7. The van der Waals surface area contributed by atoms with Crippen LogP contribution in [0.1, 0.15) is 51.4 Å². The Morgan fingerprint density at radius 2 is 1.80 bits per heavy atom. The van der Waals surface area contributed by atoms with Crippen LogP contribution in [0.25, 0.3) is 0 Å². The van der Waals surface area contributed by atoms with E-state index in [4.69, 9.17) is 11.5 Å². The third-order valence-corrected chi connectivity index (χ3v) is 6.52. The molecule has 1 saturated heterocycles. The van der Waals surface area contributed by atoms with Gasteiger partial charge in [0.2, 0.25) is 21.9 Å². The Kier molecular flexibility index (Phi) is 8.95. The van der Waals surface area contributed by atoms with Crippen molar-refractivity contribution in [3.05, 3.63) is 0 Å². The molecule has 8 nitrogen and oxygen atoms in total. The highest BCUT2D eigenvalue weighted by molar-refractivity contribution is 7.90. The molecular weight excluding hydrogens is 366 g/mol. The quantitative estimate of drug-likeness (QED) is 0.324. The highest BCUT2D eigenvalue weighted by Gasteiger charge is 2.29. The number of nitrogens with two attached hydrogens (primary N) is 2. The summed E-state index contributed by atoms with van der Waals surface area (Å²) in [7, 11) is -3.43. The van der Waals surface area contributed by atoms with Crippen molar-refractivity contribution in [3.63, 3.8) is 0 Å². The maximum absolute atomic E-state index is 12.1. The number of carbonyl (C=O) groups is 1. The number of aliphatic imine (C=N–C) groups is 1. The predicted octanol–water partition coefficient (Wildman–Crippen LogP) is 0.315. The van der Waals surface area contributed by atoms with E-state index in [1.165, 1.54) is 0 Å². The number of carbonyl (C=O) groups excluding carboxylic acids is 1. The molecule has 25 heavy (non-hydrogen) atoms. The normalized spacial score (nSPS) is 20.4. The summed E-state index contributed by atoms with van der Waals surface area (Å²) in [4.78, 5) is 17.9. The molecule has 0 bridgehead atoms. The molecular formula is C15H30ClN5O3S. The lowest BCUT2D eigenvalue weighted by atomic mass is 10.1. The third kappa shape index (κ3) is 6.63. The fourth-order valence-corrected chi connectivity index (χ4v) is 4.74. The topological polar surface area (TPSA) is 131 Å². The third-order valence-electron chi connectivity index (χ3n) is 4.68. The molecule has 2 rings (SSSR count). The van der Waals surface area contributed by atoms with Gasteiger partial charge in [-0.3, -0.25) is 14.5 Å². The first kappa shape index (κ1) is 22.0. The van der Waals surface area contributed by atoms with Gasteiger partial charge in [-0.05, 0) is 38.5 Å². The van der Waals surface area contributed by atoms with Gasteiger partial charge in [-0.25, -0.2) is 8.42 Å². The largest absolute Gasteiger partial charge is 0.369 e. The second-order valence-electron chi connectivity index (χ2n) is 6.60. The molecule has 1 aliphatic heterocycles. The SMILES string of the molecule is Cl.NC(=NCCC[C@H](N)C(=O)N1CCCC1)NS(=O)(=O)C1CCCC1. The summed E-state index contributed by atoms with van der Waals surface area (Å²) in [6, 6.07) is -0.519. The number of amides is 1. The van der Waals surface area contributed by atoms with Gasteiger partial charge < -0.3 is 16.4 Å². The van der Waals surface area contributed by atoms with Crippen LogP contribution in [0.5, 0.6) is 0 Å². The summed E-state index contributed by atoms with van der Waals surface area (Å²) in [6.07, 6.45) is 6.41. The Morgan fingerprint density at radius 1 is 1.20 bits per heavy atom. The lowest BCUT2D eigenvalue weighted by Crippen LogP contribution is -2.42. The second kappa shape index (κ2) is 10.2. The van der Waals surface area contributed by atoms with Crippen LogP contribution < -0.4 is 16.2 Å². The van der Waals surface area contributed by atoms with Crippen molar-refractivity contribution in [1.29, 1.82) is 0 Å². The van der Waals surface area contributed by atoms with E-state index in [0.717, 1.165) is 38.8 Å². The standard InChI is InChI=1S/C15H29N5O3S.ClH/c16-13(14(21)20-10-3-4-11-20)8-5-9-18-15(17)19-24(22,23)12-6-1-2-7-12;/h12-13H,1-11,16H2,(H3,17,18,19);1H/t13-;/m0./s1. The zero-order valence-electron chi connectivity index (χ0n) is 14.5. The number of likely N-dealkylation sites (tertiary alicyclic amines) is 1. The summed E-state index contributed by atoms with van der Waals surface area (Å²) in [5.41, 5.74) is 11.6. The molecule has 0 radical (unpaired) electrons. The number of hydrogen-bond donors (Lipinski definition) is 3. The molecule has 1 heterocycles. The highest BCUT2D eigenvalue weighted by Crippen LogP contribution is 2.23. The summed E-state index contributed by atoms with van der Waals surface area (Å²) < 4.78 is 26.5. The molecule has 0 aromatic rings. The number of hydrogen-bond acceptors (Lipinski definition) is 5. The molecule has 1 aliphatic carbocycles. The lowest BCUT2D eigenvalue weighted by Gasteiger charge is -2.19. The minimum atomic E-state index is -3.43.